The third kappa shape index (κ3) is 1.86. The fraction of sp³-hybridized carbons (Fsp3) is 0.300. The first-order chi connectivity index (χ1) is 7.59. The lowest BCUT2D eigenvalue weighted by Gasteiger charge is -2.06. The van der Waals surface area contributed by atoms with Crippen LogP contribution >= 0.6 is 11.6 Å². The van der Waals surface area contributed by atoms with Crippen LogP contribution in [0.3, 0.4) is 0 Å². The molecule has 0 fully saturated rings. The first-order valence-corrected chi connectivity index (χ1v) is 5.18. The van der Waals surface area contributed by atoms with Crippen molar-refractivity contribution in [2.45, 2.75) is 6.92 Å². The third-order valence-corrected chi connectivity index (χ3v) is 2.64. The summed E-state index contributed by atoms with van der Waals surface area (Å²) in [6, 6.07) is 0. The molecule has 0 unspecified atom stereocenters. The molecular formula is C10H12ClN5. The first kappa shape index (κ1) is 10.9. The van der Waals surface area contributed by atoms with Crippen LogP contribution < -0.4 is 0 Å². The van der Waals surface area contributed by atoms with E-state index < -0.39 is 0 Å². The van der Waals surface area contributed by atoms with Gasteiger partial charge in [-0.1, -0.05) is 11.6 Å². The van der Waals surface area contributed by atoms with E-state index in [1.54, 1.807) is 4.52 Å². The van der Waals surface area contributed by atoms with Crippen molar-refractivity contribution in [2.24, 2.45) is 0 Å². The van der Waals surface area contributed by atoms with Gasteiger partial charge < -0.3 is 4.90 Å². The van der Waals surface area contributed by atoms with E-state index in [1.807, 2.05) is 38.2 Å². The van der Waals surface area contributed by atoms with Crippen molar-refractivity contribution in [1.29, 1.82) is 0 Å². The minimum Gasteiger partial charge on any atom is -0.383 e. The Labute approximate surface area is 98.3 Å². The summed E-state index contributed by atoms with van der Waals surface area (Å²) in [4.78, 5) is 1.94. The minimum absolute atomic E-state index is 0.584. The van der Waals surface area contributed by atoms with Crippen molar-refractivity contribution in [1.82, 2.24) is 24.7 Å². The second-order valence-corrected chi connectivity index (χ2v) is 4.08. The molecule has 0 spiro atoms. The van der Waals surface area contributed by atoms with Gasteiger partial charge in [-0.3, -0.25) is 0 Å². The van der Waals surface area contributed by atoms with E-state index in [2.05, 4.69) is 15.3 Å². The fourth-order valence-corrected chi connectivity index (χ4v) is 1.52. The third-order valence-electron chi connectivity index (χ3n) is 2.19. The van der Waals surface area contributed by atoms with Crippen LogP contribution in [0, 0.1) is 6.92 Å². The Balaban J connectivity index is 2.57. The molecule has 0 bridgehead atoms. The topological polar surface area (TPSA) is 46.3 Å². The number of fused-ring (bicyclic) bond motifs is 1. The summed E-state index contributed by atoms with van der Waals surface area (Å²) in [5, 5.41) is 12.6. The number of rotatable bonds is 2. The Morgan fingerprint density at radius 3 is 2.88 bits per heavy atom. The van der Waals surface area contributed by atoms with Gasteiger partial charge in [0.1, 0.15) is 6.33 Å². The van der Waals surface area contributed by atoms with Crippen LogP contribution in [-0.4, -0.2) is 38.8 Å². The summed E-state index contributed by atoms with van der Waals surface area (Å²) in [7, 11) is 3.90. The molecule has 0 amide bonds. The van der Waals surface area contributed by atoms with Gasteiger partial charge in [-0.2, -0.15) is 9.61 Å². The highest BCUT2D eigenvalue weighted by Crippen LogP contribution is 2.22. The zero-order chi connectivity index (χ0) is 11.7. The van der Waals surface area contributed by atoms with Crippen LogP contribution in [0.5, 0.6) is 0 Å². The first-order valence-electron chi connectivity index (χ1n) is 4.80. The summed E-state index contributed by atoms with van der Waals surface area (Å²) >= 11 is 6.18. The largest absolute Gasteiger partial charge is 0.383 e. The Morgan fingerprint density at radius 2 is 2.19 bits per heavy atom. The van der Waals surface area contributed by atoms with E-state index in [0.717, 1.165) is 11.3 Å². The molecule has 0 aliphatic rings. The number of nitrogens with zero attached hydrogens (tertiary/aromatic N) is 5. The molecule has 16 heavy (non-hydrogen) atoms. The second kappa shape index (κ2) is 4.09. The second-order valence-electron chi connectivity index (χ2n) is 3.70. The molecule has 0 radical (unpaired) electrons. The molecule has 84 valence electrons. The SMILES string of the molecule is Cc1c(/C=C/N(C)C)nn2cnnc2c1Cl. The maximum atomic E-state index is 6.18. The van der Waals surface area contributed by atoms with Crippen LogP contribution in [0.25, 0.3) is 11.7 Å². The monoisotopic (exact) mass is 237 g/mol. The van der Waals surface area contributed by atoms with Gasteiger partial charge in [0.2, 0.25) is 0 Å². The number of aromatic nitrogens is 4. The van der Waals surface area contributed by atoms with Crippen LogP contribution in [-0.2, 0) is 0 Å². The average Bonchev–Trinajstić information content (AvgIpc) is 2.69. The zero-order valence-electron chi connectivity index (χ0n) is 9.35. The van der Waals surface area contributed by atoms with Crippen LogP contribution in [0.2, 0.25) is 5.02 Å². The zero-order valence-corrected chi connectivity index (χ0v) is 10.1. The van der Waals surface area contributed by atoms with E-state index in [4.69, 9.17) is 11.6 Å². The molecular weight excluding hydrogens is 226 g/mol. The van der Waals surface area contributed by atoms with Crippen molar-refractivity contribution < 1.29 is 0 Å². The van der Waals surface area contributed by atoms with E-state index in [9.17, 15) is 0 Å². The summed E-state index contributed by atoms with van der Waals surface area (Å²) in [5.74, 6) is 0. The molecule has 0 atom stereocenters. The fourth-order valence-electron chi connectivity index (χ4n) is 1.30. The molecule has 2 rings (SSSR count). The summed E-state index contributed by atoms with van der Waals surface area (Å²) in [5.41, 5.74) is 2.30. The van der Waals surface area contributed by atoms with Crippen molar-refractivity contribution >= 4 is 23.3 Å². The maximum Gasteiger partial charge on any atom is 0.196 e. The van der Waals surface area contributed by atoms with Gasteiger partial charge in [0, 0.05) is 20.3 Å². The van der Waals surface area contributed by atoms with Crippen LogP contribution in [0.1, 0.15) is 11.3 Å². The van der Waals surface area contributed by atoms with Crippen molar-refractivity contribution in [2.75, 3.05) is 14.1 Å². The predicted molar refractivity (Wildman–Crippen MR) is 63.3 cm³/mol. The van der Waals surface area contributed by atoms with E-state index in [0.29, 0.717) is 10.7 Å². The van der Waals surface area contributed by atoms with Gasteiger partial charge in [0.05, 0.1) is 10.7 Å². The number of hydrogen-bond acceptors (Lipinski definition) is 4. The maximum absolute atomic E-state index is 6.18. The predicted octanol–water partition coefficient (Wildman–Crippen LogP) is 1.62. The van der Waals surface area contributed by atoms with Crippen molar-refractivity contribution in [3.63, 3.8) is 0 Å². The van der Waals surface area contributed by atoms with E-state index in [1.165, 1.54) is 6.33 Å². The van der Waals surface area contributed by atoms with Gasteiger partial charge in [-0.05, 0) is 18.6 Å². The highest BCUT2D eigenvalue weighted by atomic mass is 35.5. The van der Waals surface area contributed by atoms with E-state index >= 15 is 0 Å². The molecule has 6 heteroatoms. The van der Waals surface area contributed by atoms with Gasteiger partial charge >= 0.3 is 0 Å². The molecule has 0 saturated heterocycles. The smallest absolute Gasteiger partial charge is 0.196 e. The molecule has 2 aromatic heterocycles. The highest BCUT2D eigenvalue weighted by molar-refractivity contribution is 6.34. The van der Waals surface area contributed by atoms with Gasteiger partial charge in [-0.15, -0.1) is 10.2 Å². The lowest BCUT2D eigenvalue weighted by atomic mass is 10.2. The lowest BCUT2D eigenvalue weighted by molar-refractivity contribution is 0.567. The Morgan fingerprint density at radius 1 is 1.44 bits per heavy atom. The summed E-state index contributed by atoms with van der Waals surface area (Å²) < 4.78 is 1.57. The molecule has 2 heterocycles. The lowest BCUT2D eigenvalue weighted by Crippen LogP contribution is -2.02. The number of hydrogen-bond donors (Lipinski definition) is 0. The molecule has 2 aromatic rings. The minimum atomic E-state index is 0.584. The molecule has 0 aliphatic heterocycles. The van der Waals surface area contributed by atoms with Crippen LogP contribution in [0.4, 0.5) is 0 Å². The van der Waals surface area contributed by atoms with Gasteiger partial charge in [0.15, 0.2) is 5.65 Å². The Hall–Kier alpha value is -1.62. The highest BCUT2D eigenvalue weighted by Gasteiger charge is 2.09. The van der Waals surface area contributed by atoms with Gasteiger partial charge in [-0.25, -0.2) is 0 Å². The standard InChI is InChI=1S/C10H12ClN5/c1-7-8(4-5-15(2)3)14-16-6-12-13-10(16)9(7)11/h4-6H,1-3H3/b5-4+. The molecule has 5 nitrogen and oxygen atoms in total. The molecule has 0 saturated carbocycles. The average molecular weight is 238 g/mol. The molecule has 0 N–H and O–H groups in total. The van der Waals surface area contributed by atoms with Crippen molar-refractivity contribution in [3.8, 4) is 0 Å². The Bertz CT molecular complexity index is 543. The quantitative estimate of drug-likeness (QED) is 0.796. The molecule has 0 aliphatic carbocycles. The summed E-state index contributed by atoms with van der Waals surface area (Å²) in [6.07, 6.45) is 5.36. The number of halogens is 1. The summed E-state index contributed by atoms with van der Waals surface area (Å²) in [6.45, 7) is 1.92. The normalized spacial score (nSPS) is 11.5. The Kier molecular flexibility index (Phi) is 2.78. The molecule has 0 aromatic carbocycles. The van der Waals surface area contributed by atoms with Crippen LogP contribution in [0.15, 0.2) is 12.5 Å². The van der Waals surface area contributed by atoms with E-state index in [-0.39, 0.29) is 0 Å². The van der Waals surface area contributed by atoms with Gasteiger partial charge in [0.25, 0.3) is 0 Å². The van der Waals surface area contributed by atoms with Crippen molar-refractivity contribution in [3.05, 3.63) is 28.8 Å².